The highest BCUT2D eigenvalue weighted by atomic mass is 32.2. The highest BCUT2D eigenvalue weighted by Crippen LogP contribution is 2.46. The molecule has 68 valence electrons. The molecule has 2 nitrogen and oxygen atoms in total. The van der Waals surface area contributed by atoms with Gasteiger partial charge in [-0.2, -0.15) is 0 Å². The van der Waals surface area contributed by atoms with Gasteiger partial charge in [0.25, 0.3) is 0 Å². The molecule has 0 bridgehead atoms. The summed E-state index contributed by atoms with van der Waals surface area (Å²) in [6.45, 7) is 7.61. The number of carbonyl (C=O) groups is 1. The van der Waals surface area contributed by atoms with Crippen molar-refractivity contribution < 1.29 is 9.90 Å². The van der Waals surface area contributed by atoms with Crippen LogP contribution in [0.4, 0.5) is 0 Å². The van der Waals surface area contributed by atoms with Crippen molar-refractivity contribution in [2.45, 2.75) is 32.4 Å². The van der Waals surface area contributed by atoms with Crippen molar-refractivity contribution in [2.75, 3.05) is 0 Å². The van der Waals surface area contributed by atoms with Gasteiger partial charge in [0, 0.05) is 5.57 Å². The molecule has 0 aromatic carbocycles. The minimum atomic E-state index is -0.402. The molecule has 0 aromatic heterocycles. The minimum absolute atomic E-state index is 0.00343. The lowest BCUT2D eigenvalue weighted by Gasteiger charge is -2.26. The molecule has 1 unspecified atom stereocenters. The van der Waals surface area contributed by atoms with E-state index in [1.165, 1.54) is 11.8 Å². The SMILES string of the molecule is CC1=C(O)C(C)(C(C)C)SC1=O. The normalized spacial score (nSPS) is 30.6. The van der Waals surface area contributed by atoms with Gasteiger partial charge in [0.15, 0.2) is 0 Å². The molecule has 0 spiro atoms. The largest absolute Gasteiger partial charge is 0.510 e. The number of aliphatic hydroxyl groups is 1. The number of thioether (sulfide) groups is 1. The lowest BCUT2D eigenvalue weighted by Crippen LogP contribution is -2.27. The standard InChI is InChI=1S/C9H14O2S/c1-5(2)9(4)7(10)6(3)8(11)12-9/h5,10H,1-4H3. The number of hydrogen-bond acceptors (Lipinski definition) is 3. The van der Waals surface area contributed by atoms with Crippen molar-refractivity contribution in [3.8, 4) is 0 Å². The Labute approximate surface area is 77.0 Å². The van der Waals surface area contributed by atoms with E-state index in [2.05, 4.69) is 0 Å². The van der Waals surface area contributed by atoms with Gasteiger partial charge in [0.2, 0.25) is 5.12 Å². The third-order valence-electron chi connectivity index (χ3n) is 2.54. The molecule has 1 aliphatic heterocycles. The average molecular weight is 186 g/mol. The molecule has 0 saturated carbocycles. The van der Waals surface area contributed by atoms with Crippen LogP contribution in [0, 0.1) is 5.92 Å². The lowest BCUT2D eigenvalue weighted by molar-refractivity contribution is -0.107. The summed E-state index contributed by atoms with van der Waals surface area (Å²) >= 11 is 1.23. The molecular formula is C9H14O2S. The fourth-order valence-electron chi connectivity index (χ4n) is 1.18. The van der Waals surface area contributed by atoms with E-state index in [9.17, 15) is 9.90 Å². The van der Waals surface area contributed by atoms with Gasteiger partial charge in [-0.25, -0.2) is 0 Å². The summed E-state index contributed by atoms with van der Waals surface area (Å²) < 4.78 is -0.402. The van der Waals surface area contributed by atoms with Crippen LogP contribution in [0.15, 0.2) is 11.3 Å². The molecule has 1 N–H and O–H groups in total. The van der Waals surface area contributed by atoms with E-state index in [-0.39, 0.29) is 16.8 Å². The van der Waals surface area contributed by atoms with Gasteiger partial charge in [0.1, 0.15) is 5.76 Å². The van der Waals surface area contributed by atoms with E-state index in [1.807, 2.05) is 20.8 Å². The second-order valence-corrected chi connectivity index (χ2v) is 5.05. The van der Waals surface area contributed by atoms with E-state index >= 15 is 0 Å². The molecular weight excluding hydrogens is 172 g/mol. The van der Waals surface area contributed by atoms with E-state index < -0.39 is 4.75 Å². The highest BCUT2D eigenvalue weighted by molar-refractivity contribution is 8.15. The molecule has 12 heavy (non-hydrogen) atoms. The fourth-order valence-corrected chi connectivity index (χ4v) is 2.30. The minimum Gasteiger partial charge on any atom is -0.510 e. The molecule has 3 heteroatoms. The molecule has 1 aliphatic rings. The Bertz CT molecular complexity index is 255. The smallest absolute Gasteiger partial charge is 0.219 e. The lowest BCUT2D eigenvalue weighted by atomic mass is 9.93. The van der Waals surface area contributed by atoms with Crippen molar-refractivity contribution in [1.82, 2.24) is 0 Å². The highest BCUT2D eigenvalue weighted by Gasteiger charge is 2.43. The monoisotopic (exact) mass is 186 g/mol. The first kappa shape index (κ1) is 9.65. The first-order chi connectivity index (χ1) is 5.39. The average Bonchev–Trinajstić information content (AvgIpc) is 2.17. The van der Waals surface area contributed by atoms with E-state index in [0.29, 0.717) is 5.57 Å². The maximum Gasteiger partial charge on any atom is 0.219 e. The van der Waals surface area contributed by atoms with Crippen molar-refractivity contribution in [1.29, 1.82) is 0 Å². The first-order valence-corrected chi connectivity index (χ1v) is 4.85. The predicted molar refractivity (Wildman–Crippen MR) is 51.2 cm³/mol. The van der Waals surface area contributed by atoms with Gasteiger partial charge in [-0.05, 0) is 19.8 Å². The topological polar surface area (TPSA) is 37.3 Å². The summed E-state index contributed by atoms with van der Waals surface area (Å²) in [5, 5.41) is 9.70. The Kier molecular flexibility index (Phi) is 2.25. The number of rotatable bonds is 1. The quantitative estimate of drug-likeness (QED) is 0.683. The van der Waals surface area contributed by atoms with Crippen molar-refractivity contribution in [3.05, 3.63) is 11.3 Å². The molecule has 1 atom stereocenters. The van der Waals surface area contributed by atoms with Crippen LogP contribution in [0.5, 0.6) is 0 Å². The van der Waals surface area contributed by atoms with Crippen LogP contribution in [-0.4, -0.2) is 15.0 Å². The van der Waals surface area contributed by atoms with Crippen LogP contribution in [0.1, 0.15) is 27.7 Å². The van der Waals surface area contributed by atoms with E-state index in [4.69, 9.17) is 0 Å². The number of aliphatic hydroxyl groups excluding tert-OH is 1. The molecule has 0 aliphatic carbocycles. The predicted octanol–water partition coefficient (Wildman–Crippen LogP) is 2.51. The van der Waals surface area contributed by atoms with Crippen molar-refractivity contribution in [3.63, 3.8) is 0 Å². The van der Waals surface area contributed by atoms with Gasteiger partial charge >= 0.3 is 0 Å². The summed E-state index contributed by atoms with van der Waals surface area (Å²) in [5.74, 6) is 0.524. The zero-order chi connectivity index (χ0) is 9.52. The fraction of sp³-hybridized carbons (Fsp3) is 0.667. The molecule has 1 rings (SSSR count). The van der Waals surface area contributed by atoms with E-state index in [1.54, 1.807) is 6.92 Å². The van der Waals surface area contributed by atoms with Gasteiger partial charge in [-0.1, -0.05) is 25.6 Å². The van der Waals surface area contributed by atoms with Crippen LogP contribution >= 0.6 is 11.8 Å². The summed E-state index contributed by atoms with van der Waals surface area (Å²) in [5.41, 5.74) is 0.510. The Hall–Kier alpha value is -0.440. The Morgan fingerprint density at radius 2 is 2.00 bits per heavy atom. The molecule has 1 heterocycles. The Balaban J connectivity index is 3.08. The van der Waals surface area contributed by atoms with Gasteiger partial charge < -0.3 is 5.11 Å². The summed E-state index contributed by atoms with van der Waals surface area (Å²) in [6, 6.07) is 0. The zero-order valence-electron chi connectivity index (χ0n) is 7.84. The van der Waals surface area contributed by atoms with Gasteiger partial charge in [-0.3, -0.25) is 4.79 Å². The molecule has 0 amide bonds. The Morgan fingerprint density at radius 1 is 1.50 bits per heavy atom. The van der Waals surface area contributed by atoms with E-state index in [0.717, 1.165) is 0 Å². The summed E-state index contributed by atoms with van der Waals surface area (Å²) in [7, 11) is 0. The molecule has 0 aromatic rings. The number of carbonyl (C=O) groups excluding carboxylic acids is 1. The van der Waals surface area contributed by atoms with Gasteiger partial charge in [0.05, 0.1) is 4.75 Å². The first-order valence-electron chi connectivity index (χ1n) is 4.03. The molecule has 0 fully saturated rings. The molecule has 0 radical (unpaired) electrons. The van der Waals surface area contributed by atoms with Crippen molar-refractivity contribution >= 4 is 16.9 Å². The van der Waals surface area contributed by atoms with Crippen LogP contribution in [0.2, 0.25) is 0 Å². The van der Waals surface area contributed by atoms with Gasteiger partial charge in [-0.15, -0.1) is 0 Å². The second kappa shape index (κ2) is 2.80. The Morgan fingerprint density at radius 3 is 2.17 bits per heavy atom. The van der Waals surface area contributed by atoms with Crippen LogP contribution in [0.25, 0.3) is 0 Å². The number of hydrogen-bond donors (Lipinski definition) is 1. The maximum absolute atomic E-state index is 11.2. The van der Waals surface area contributed by atoms with Crippen LogP contribution in [0.3, 0.4) is 0 Å². The molecule has 0 saturated heterocycles. The second-order valence-electron chi connectivity index (χ2n) is 3.62. The summed E-state index contributed by atoms with van der Waals surface area (Å²) in [4.78, 5) is 11.2. The van der Waals surface area contributed by atoms with Crippen molar-refractivity contribution in [2.24, 2.45) is 5.92 Å². The summed E-state index contributed by atoms with van der Waals surface area (Å²) in [6.07, 6.45) is 0. The third-order valence-corrected chi connectivity index (χ3v) is 4.12. The van der Waals surface area contributed by atoms with Crippen LogP contribution < -0.4 is 0 Å². The third kappa shape index (κ3) is 1.16. The zero-order valence-corrected chi connectivity index (χ0v) is 8.66. The maximum atomic E-state index is 11.2. The van der Waals surface area contributed by atoms with Crippen LogP contribution in [-0.2, 0) is 4.79 Å².